The molecule has 0 saturated heterocycles. The summed E-state index contributed by atoms with van der Waals surface area (Å²) in [7, 11) is 0. The Kier molecular flexibility index (Phi) is 2.76. The molecule has 0 aliphatic heterocycles. The lowest BCUT2D eigenvalue weighted by Gasteiger charge is -2.24. The van der Waals surface area contributed by atoms with Crippen LogP contribution in [0.3, 0.4) is 0 Å². The van der Waals surface area contributed by atoms with Crippen molar-refractivity contribution in [2.45, 2.75) is 43.9 Å². The van der Waals surface area contributed by atoms with E-state index in [4.69, 9.17) is 11.6 Å². The van der Waals surface area contributed by atoms with Crippen molar-refractivity contribution >= 4 is 11.6 Å². The summed E-state index contributed by atoms with van der Waals surface area (Å²) in [5.74, 6) is -0.105. The summed E-state index contributed by atoms with van der Waals surface area (Å²) < 4.78 is 13.5. The maximum atomic E-state index is 13.5. The smallest absolute Gasteiger partial charge is 0.126 e. The molecule has 1 fully saturated rings. The third kappa shape index (κ3) is 2.03. The first kappa shape index (κ1) is 10.9. The Morgan fingerprint density at radius 1 is 1.47 bits per heavy atom. The molecule has 1 saturated carbocycles. The van der Waals surface area contributed by atoms with E-state index in [2.05, 4.69) is 6.92 Å². The van der Waals surface area contributed by atoms with Crippen molar-refractivity contribution in [2.75, 3.05) is 0 Å². The standard InChI is InChI=1S/C13H16ClF/c1-9-3-4-10(7-12(9)15)13(2)6-5-11(14)8-13/h3-4,7,11H,5-6,8H2,1-2H3. The first-order chi connectivity index (χ1) is 7.01. The lowest BCUT2D eigenvalue weighted by atomic mass is 9.81. The van der Waals surface area contributed by atoms with Gasteiger partial charge in [-0.1, -0.05) is 19.1 Å². The summed E-state index contributed by atoms with van der Waals surface area (Å²) in [5.41, 5.74) is 1.87. The first-order valence-electron chi connectivity index (χ1n) is 5.42. The highest BCUT2D eigenvalue weighted by Crippen LogP contribution is 2.43. The van der Waals surface area contributed by atoms with Gasteiger partial charge in [-0.15, -0.1) is 11.6 Å². The Morgan fingerprint density at radius 2 is 2.20 bits per heavy atom. The molecule has 2 unspecified atom stereocenters. The summed E-state index contributed by atoms with van der Waals surface area (Å²) in [6.07, 6.45) is 3.05. The van der Waals surface area contributed by atoms with Gasteiger partial charge in [0.25, 0.3) is 0 Å². The second-order valence-electron chi connectivity index (χ2n) is 4.86. The van der Waals surface area contributed by atoms with E-state index in [1.165, 1.54) is 0 Å². The molecule has 0 spiro atoms. The van der Waals surface area contributed by atoms with E-state index in [1.807, 2.05) is 12.1 Å². The molecule has 82 valence electrons. The maximum absolute atomic E-state index is 13.5. The topological polar surface area (TPSA) is 0 Å². The van der Waals surface area contributed by atoms with Crippen LogP contribution in [0.1, 0.15) is 37.3 Å². The van der Waals surface area contributed by atoms with Crippen molar-refractivity contribution in [3.8, 4) is 0 Å². The van der Waals surface area contributed by atoms with Crippen LogP contribution in [-0.2, 0) is 5.41 Å². The van der Waals surface area contributed by atoms with Crippen molar-refractivity contribution < 1.29 is 4.39 Å². The van der Waals surface area contributed by atoms with Crippen LogP contribution in [0.4, 0.5) is 4.39 Å². The highest BCUT2D eigenvalue weighted by atomic mass is 35.5. The van der Waals surface area contributed by atoms with Crippen molar-refractivity contribution in [1.29, 1.82) is 0 Å². The Labute approximate surface area is 95.4 Å². The minimum Gasteiger partial charge on any atom is -0.207 e. The highest BCUT2D eigenvalue weighted by molar-refractivity contribution is 6.20. The monoisotopic (exact) mass is 226 g/mol. The molecule has 2 heteroatoms. The Balaban J connectivity index is 2.33. The van der Waals surface area contributed by atoms with Gasteiger partial charge < -0.3 is 0 Å². The van der Waals surface area contributed by atoms with Gasteiger partial charge in [-0.05, 0) is 48.8 Å². The normalized spacial score (nSPS) is 30.8. The summed E-state index contributed by atoms with van der Waals surface area (Å²) in [5, 5.41) is 0.249. The van der Waals surface area contributed by atoms with Crippen LogP contribution in [0.15, 0.2) is 18.2 Å². The molecule has 0 heterocycles. The van der Waals surface area contributed by atoms with Crippen LogP contribution in [0.2, 0.25) is 0 Å². The van der Waals surface area contributed by atoms with E-state index in [-0.39, 0.29) is 16.6 Å². The quantitative estimate of drug-likeness (QED) is 0.630. The van der Waals surface area contributed by atoms with Gasteiger partial charge in [0.05, 0.1) is 0 Å². The number of rotatable bonds is 1. The Bertz CT molecular complexity index is 375. The molecule has 0 bridgehead atoms. The minimum atomic E-state index is -0.105. The lowest BCUT2D eigenvalue weighted by molar-refractivity contribution is 0.486. The fourth-order valence-corrected chi connectivity index (χ4v) is 2.85. The molecular weight excluding hydrogens is 211 g/mol. The van der Waals surface area contributed by atoms with Gasteiger partial charge in [-0.3, -0.25) is 0 Å². The second-order valence-corrected chi connectivity index (χ2v) is 5.48. The predicted molar refractivity (Wildman–Crippen MR) is 62.0 cm³/mol. The van der Waals surface area contributed by atoms with Gasteiger partial charge in [0, 0.05) is 5.38 Å². The van der Waals surface area contributed by atoms with Gasteiger partial charge >= 0.3 is 0 Å². The summed E-state index contributed by atoms with van der Waals surface area (Å²) in [6.45, 7) is 3.97. The van der Waals surface area contributed by atoms with Crippen LogP contribution >= 0.6 is 11.6 Å². The molecule has 0 N–H and O–H groups in total. The minimum absolute atomic E-state index is 0.0704. The molecule has 1 aliphatic rings. The van der Waals surface area contributed by atoms with Crippen LogP contribution in [0.25, 0.3) is 0 Å². The molecule has 2 rings (SSSR count). The van der Waals surface area contributed by atoms with Gasteiger partial charge in [-0.25, -0.2) is 4.39 Å². The lowest BCUT2D eigenvalue weighted by Crippen LogP contribution is -2.18. The van der Waals surface area contributed by atoms with E-state index < -0.39 is 0 Å². The molecule has 1 aromatic carbocycles. The summed E-state index contributed by atoms with van der Waals surface area (Å²) >= 11 is 6.12. The van der Waals surface area contributed by atoms with Crippen molar-refractivity contribution in [1.82, 2.24) is 0 Å². The average Bonchev–Trinajstić information content (AvgIpc) is 2.52. The number of aryl methyl sites for hydroxylation is 1. The van der Waals surface area contributed by atoms with Gasteiger partial charge in [0.1, 0.15) is 5.82 Å². The van der Waals surface area contributed by atoms with Crippen molar-refractivity contribution in [3.63, 3.8) is 0 Å². The van der Waals surface area contributed by atoms with Crippen molar-refractivity contribution in [3.05, 3.63) is 35.1 Å². The van der Waals surface area contributed by atoms with Gasteiger partial charge in [-0.2, -0.15) is 0 Å². The number of halogens is 2. The van der Waals surface area contributed by atoms with Gasteiger partial charge in [0.15, 0.2) is 0 Å². The SMILES string of the molecule is Cc1ccc(C2(C)CCC(Cl)C2)cc1F. The average molecular weight is 227 g/mol. The number of benzene rings is 1. The molecule has 0 nitrogen and oxygen atoms in total. The highest BCUT2D eigenvalue weighted by Gasteiger charge is 2.35. The van der Waals surface area contributed by atoms with Gasteiger partial charge in [0.2, 0.25) is 0 Å². The zero-order chi connectivity index (χ0) is 11.1. The fraction of sp³-hybridized carbons (Fsp3) is 0.538. The second kappa shape index (κ2) is 3.79. The molecular formula is C13H16ClF. The van der Waals surface area contributed by atoms with Crippen LogP contribution < -0.4 is 0 Å². The molecule has 0 radical (unpaired) electrons. The molecule has 1 aliphatic carbocycles. The predicted octanol–water partition coefficient (Wildman–Crippen LogP) is 4.18. The van der Waals surface area contributed by atoms with E-state index in [9.17, 15) is 4.39 Å². The third-order valence-corrected chi connectivity index (χ3v) is 3.92. The third-order valence-electron chi connectivity index (χ3n) is 3.55. The van der Waals surface area contributed by atoms with Crippen LogP contribution in [0, 0.1) is 12.7 Å². The Morgan fingerprint density at radius 3 is 2.73 bits per heavy atom. The molecule has 0 aromatic heterocycles. The largest absolute Gasteiger partial charge is 0.207 e. The number of alkyl halides is 1. The van der Waals surface area contributed by atoms with E-state index in [1.54, 1.807) is 13.0 Å². The van der Waals surface area contributed by atoms with Crippen LogP contribution in [0.5, 0.6) is 0 Å². The molecule has 1 aromatic rings. The number of hydrogen-bond donors (Lipinski definition) is 0. The van der Waals surface area contributed by atoms with E-state index in [0.29, 0.717) is 5.56 Å². The number of hydrogen-bond acceptors (Lipinski definition) is 0. The molecule has 2 atom stereocenters. The molecule has 0 amide bonds. The zero-order valence-electron chi connectivity index (χ0n) is 9.19. The van der Waals surface area contributed by atoms with E-state index >= 15 is 0 Å². The van der Waals surface area contributed by atoms with Crippen LogP contribution in [-0.4, -0.2) is 5.38 Å². The summed E-state index contributed by atoms with van der Waals surface area (Å²) in [6, 6.07) is 5.56. The molecule has 15 heavy (non-hydrogen) atoms. The summed E-state index contributed by atoms with van der Waals surface area (Å²) in [4.78, 5) is 0. The van der Waals surface area contributed by atoms with Crippen molar-refractivity contribution in [2.24, 2.45) is 0 Å². The maximum Gasteiger partial charge on any atom is 0.126 e. The Hall–Kier alpha value is -0.560. The fourth-order valence-electron chi connectivity index (χ4n) is 2.40. The van der Waals surface area contributed by atoms with E-state index in [0.717, 1.165) is 24.8 Å². The first-order valence-corrected chi connectivity index (χ1v) is 5.86. The zero-order valence-corrected chi connectivity index (χ0v) is 9.94.